The van der Waals surface area contributed by atoms with Gasteiger partial charge in [-0.15, -0.1) is 0 Å². The van der Waals surface area contributed by atoms with Crippen LogP contribution >= 0.6 is 11.8 Å². The molecule has 0 radical (unpaired) electrons. The Hall–Kier alpha value is -3.03. The van der Waals surface area contributed by atoms with Crippen LogP contribution in [0, 0.1) is 28.6 Å². The van der Waals surface area contributed by atoms with Crippen LogP contribution in [0.1, 0.15) is 43.0 Å². The number of nitrogens with one attached hydrogen (secondary N) is 1. The van der Waals surface area contributed by atoms with Crippen molar-refractivity contribution in [3.63, 3.8) is 0 Å². The summed E-state index contributed by atoms with van der Waals surface area (Å²) < 4.78 is 0. The molecule has 1 amide bonds. The standard InChI is InChI=1S/C20H21N5OS/c1-13(2)8-17(14-6-4-3-5-7-14)24-18(26)12-27-20-16(11-22)9-15(10-21)19(23)25-20/h3-7,9,13,17H,8,12H2,1-2H3,(H2,23,25)(H,24,26)/t17-/m0/s1. The summed E-state index contributed by atoms with van der Waals surface area (Å²) in [5.74, 6) is 0.437. The zero-order valence-electron chi connectivity index (χ0n) is 15.3. The highest BCUT2D eigenvalue weighted by Gasteiger charge is 2.17. The number of hydrogen-bond acceptors (Lipinski definition) is 6. The lowest BCUT2D eigenvalue weighted by molar-refractivity contribution is -0.119. The van der Waals surface area contributed by atoms with E-state index in [9.17, 15) is 10.1 Å². The number of thioether (sulfide) groups is 1. The van der Waals surface area contributed by atoms with Gasteiger partial charge in [-0.25, -0.2) is 4.98 Å². The average molecular weight is 379 g/mol. The number of nitrogens with zero attached hydrogens (tertiary/aromatic N) is 3. The van der Waals surface area contributed by atoms with Crippen LogP contribution in [0.5, 0.6) is 0 Å². The molecule has 2 aromatic rings. The number of nitrogens with two attached hydrogens (primary N) is 1. The quantitative estimate of drug-likeness (QED) is 0.712. The first-order valence-corrected chi connectivity index (χ1v) is 9.51. The van der Waals surface area contributed by atoms with E-state index < -0.39 is 0 Å². The molecule has 2 rings (SSSR count). The molecule has 7 heteroatoms. The summed E-state index contributed by atoms with van der Waals surface area (Å²) in [6.07, 6.45) is 0.825. The third kappa shape index (κ3) is 5.73. The number of rotatable bonds is 7. The lowest BCUT2D eigenvalue weighted by Crippen LogP contribution is -2.30. The molecule has 0 unspecified atom stereocenters. The summed E-state index contributed by atoms with van der Waals surface area (Å²) in [6.45, 7) is 4.22. The van der Waals surface area contributed by atoms with Gasteiger partial charge < -0.3 is 11.1 Å². The van der Waals surface area contributed by atoms with Crippen molar-refractivity contribution in [2.45, 2.75) is 31.3 Å². The summed E-state index contributed by atoms with van der Waals surface area (Å²) in [5, 5.41) is 21.6. The molecule has 0 aliphatic carbocycles. The maximum absolute atomic E-state index is 12.5. The molecule has 0 aliphatic rings. The lowest BCUT2D eigenvalue weighted by atomic mass is 9.97. The molecule has 3 N–H and O–H groups in total. The van der Waals surface area contributed by atoms with Gasteiger partial charge in [0.1, 0.15) is 23.0 Å². The van der Waals surface area contributed by atoms with Crippen LogP contribution in [0.2, 0.25) is 0 Å². The zero-order valence-corrected chi connectivity index (χ0v) is 16.1. The molecular weight excluding hydrogens is 358 g/mol. The van der Waals surface area contributed by atoms with Gasteiger partial charge >= 0.3 is 0 Å². The molecule has 138 valence electrons. The van der Waals surface area contributed by atoms with Crippen LogP contribution in [0.3, 0.4) is 0 Å². The summed E-state index contributed by atoms with van der Waals surface area (Å²) in [4.78, 5) is 16.6. The number of benzene rings is 1. The van der Waals surface area contributed by atoms with Crippen molar-refractivity contribution in [3.8, 4) is 12.1 Å². The Labute approximate surface area is 163 Å². The summed E-state index contributed by atoms with van der Waals surface area (Å²) in [5.41, 5.74) is 7.17. The fraction of sp³-hybridized carbons (Fsp3) is 0.300. The average Bonchev–Trinajstić information content (AvgIpc) is 2.66. The molecule has 1 aromatic carbocycles. The Morgan fingerprint density at radius 2 is 1.89 bits per heavy atom. The van der Waals surface area contributed by atoms with Gasteiger partial charge in [0.25, 0.3) is 0 Å². The van der Waals surface area contributed by atoms with Gasteiger partial charge in [0.05, 0.1) is 22.9 Å². The van der Waals surface area contributed by atoms with Crippen LogP contribution in [-0.2, 0) is 4.79 Å². The predicted molar refractivity (Wildman–Crippen MR) is 106 cm³/mol. The highest BCUT2D eigenvalue weighted by Crippen LogP contribution is 2.25. The summed E-state index contributed by atoms with van der Waals surface area (Å²) >= 11 is 1.13. The topological polar surface area (TPSA) is 116 Å². The molecular formula is C20H21N5OS. The first kappa shape index (κ1) is 20.3. The molecule has 0 fully saturated rings. The van der Waals surface area contributed by atoms with Crippen molar-refractivity contribution in [2.75, 3.05) is 11.5 Å². The Kier molecular flexibility index (Phi) is 7.22. The van der Waals surface area contributed by atoms with E-state index in [0.29, 0.717) is 10.9 Å². The SMILES string of the molecule is CC(C)C[C@H](NC(=O)CSc1nc(N)c(C#N)cc1C#N)c1ccccc1. The van der Waals surface area contributed by atoms with Crippen LogP contribution in [0.25, 0.3) is 0 Å². The number of anilines is 1. The molecule has 6 nitrogen and oxygen atoms in total. The predicted octanol–water partition coefficient (Wildman–Crippen LogP) is 3.40. The monoisotopic (exact) mass is 379 g/mol. The van der Waals surface area contributed by atoms with Gasteiger partial charge in [-0.2, -0.15) is 10.5 Å². The van der Waals surface area contributed by atoms with Crippen molar-refractivity contribution >= 4 is 23.5 Å². The first-order valence-electron chi connectivity index (χ1n) is 8.52. The molecule has 1 aromatic heterocycles. The van der Waals surface area contributed by atoms with Crippen molar-refractivity contribution < 1.29 is 4.79 Å². The van der Waals surface area contributed by atoms with Crippen molar-refractivity contribution in [1.82, 2.24) is 10.3 Å². The number of carbonyl (C=O) groups is 1. The number of nitriles is 2. The number of amides is 1. The highest BCUT2D eigenvalue weighted by molar-refractivity contribution is 8.00. The van der Waals surface area contributed by atoms with E-state index >= 15 is 0 Å². The highest BCUT2D eigenvalue weighted by atomic mass is 32.2. The Bertz CT molecular complexity index is 884. The second kappa shape index (κ2) is 9.61. The fourth-order valence-electron chi connectivity index (χ4n) is 2.59. The second-order valence-electron chi connectivity index (χ2n) is 6.45. The van der Waals surface area contributed by atoms with Crippen LogP contribution < -0.4 is 11.1 Å². The van der Waals surface area contributed by atoms with Gasteiger partial charge in [0, 0.05) is 0 Å². The smallest absolute Gasteiger partial charge is 0.230 e. The normalized spacial score (nSPS) is 11.4. The Morgan fingerprint density at radius 1 is 1.22 bits per heavy atom. The van der Waals surface area contributed by atoms with Crippen molar-refractivity contribution in [1.29, 1.82) is 10.5 Å². The van der Waals surface area contributed by atoms with Gasteiger partial charge in [0.2, 0.25) is 5.91 Å². The van der Waals surface area contributed by atoms with Gasteiger partial charge in [0.15, 0.2) is 0 Å². The second-order valence-corrected chi connectivity index (χ2v) is 7.41. The van der Waals surface area contributed by atoms with E-state index in [2.05, 4.69) is 24.1 Å². The fourth-order valence-corrected chi connectivity index (χ4v) is 3.37. The summed E-state index contributed by atoms with van der Waals surface area (Å²) in [6, 6.07) is 15.0. The van der Waals surface area contributed by atoms with Crippen molar-refractivity contribution in [3.05, 3.63) is 53.1 Å². The molecule has 0 bridgehead atoms. The molecule has 0 saturated carbocycles. The molecule has 1 atom stereocenters. The van der Waals surface area contributed by atoms with E-state index in [1.54, 1.807) is 0 Å². The van der Waals surface area contributed by atoms with Gasteiger partial charge in [-0.1, -0.05) is 55.9 Å². The largest absolute Gasteiger partial charge is 0.383 e. The van der Waals surface area contributed by atoms with E-state index in [-0.39, 0.29) is 34.6 Å². The minimum Gasteiger partial charge on any atom is -0.383 e. The van der Waals surface area contributed by atoms with Crippen LogP contribution in [0.15, 0.2) is 41.4 Å². The minimum absolute atomic E-state index is 0.0568. The summed E-state index contributed by atoms with van der Waals surface area (Å²) in [7, 11) is 0. The van der Waals surface area contributed by atoms with Crippen LogP contribution in [0.4, 0.5) is 5.82 Å². The molecule has 1 heterocycles. The van der Waals surface area contributed by atoms with E-state index in [4.69, 9.17) is 11.0 Å². The lowest BCUT2D eigenvalue weighted by Gasteiger charge is -2.21. The van der Waals surface area contributed by atoms with E-state index in [1.807, 2.05) is 42.5 Å². The molecule has 0 spiro atoms. The number of pyridine rings is 1. The maximum atomic E-state index is 12.5. The van der Waals surface area contributed by atoms with Crippen molar-refractivity contribution in [2.24, 2.45) is 5.92 Å². The number of hydrogen-bond donors (Lipinski definition) is 2. The number of carbonyl (C=O) groups excluding carboxylic acids is 1. The van der Waals surface area contributed by atoms with Gasteiger partial charge in [-0.05, 0) is 24.0 Å². The van der Waals surface area contributed by atoms with Crippen LogP contribution in [-0.4, -0.2) is 16.6 Å². The minimum atomic E-state index is -0.150. The molecule has 0 aliphatic heterocycles. The molecule has 27 heavy (non-hydrogen) atoms. The number of aromatic nitrogens is 1. The third-order valence-corrected chi connectivity index (χ3v) is 4.83. The Morgan fingerprint density at radius 3 is 2.48 bits per heavy atom. The van der Waals surface area contributed by atoms with E-state index in [0.717, 1.165) is 23.7 Å². The zero-order chi connectivity index (χ0) is 19.8. The number of nitrogen functional groups attached to an aromatic ring is 1. The van der Waals surface area contributed by atoms with Gasteiger partial charge in [-0.3, -0.25) is 4.79 Å². The molecule has 0 saturated heterocycles. The Balaban J connectivity index is 2.08. The maximum Gasteiger partial charge on any atom is 0.230 e. The third-order valence-electron chi connectivity index (χ3n) is 3.84. The first-order chi connectivity index (χ1) is 12.9. The van der Waals surface area contributed by atoms with E-state index in [1.165, 1.54) is 6.07 Å².